The number of allylic oxidation sites excluding steroid dienone is 2. The fraction of sp³-hybridized carbons (Fsp3) is 0.571. The second kappa shape index (κ2) is 6.93. The number of anilines is 1. The molecule has 0 amide bonds. The minimum Gasteiger partial charge on any atom is -0.469 e. The Bertz CT molecular complexity index is 742. The molecule has 4 nitrogen and oxygen atoms in total. The molecule has 2 fully saturated rings. The van der Waals surface area contributed by atoms with Crippen LogP contribution in [-0.2, 0) is 16.1 Å². The summed E-state index contributed by atoms with van der Waals surface area (Å²) < 4.78 is 4.89. The molecule has 1 aromatic rings. The number of hydrogen-bond acceptors (Lipinski definition) is 5. The van der Waals surface area contributed by atoms with Gasteiger partial charge in [-0.15, -0.1) is 0 Å². The number of methoxy groups -OCH3 is 1. The summed E-state index contributed by atoms with van der Waals surface area (Å²) >= 11 is 1.86. The number of carbonyl (C=O) groups excluding carboxylic acids is 1. The third-order valence-corrected chi connectivity index (χ3v) is 7.56. The summed E-state index contributed by atoms with van der Waals surface area (Å²) in [7, 11) is 1.50. The Balaban J connectivity index is 1.32. The van der Waals surface area contributed by atoms with Crippen LogP contribution in [-0.4, -0.2) is 31.1 Å². The first kappa shape index (κ1) is 17.9. The van der Waals surface area contributed by atoms with E-state index in [1.54, 1.807) is 0 Å². The fourth-order valence-electron chi connectivity index (χ4n) is 4.56. The van der Waals surface area contributed by atoms with Gasteiger partial charge in [0.1, 0.15) is 0 Å². The van der Waals surface area contributed by atoms with Crippen molar-refractivity contribution in [2.24, 2.45) is 11.3 Å². The minimum atomic E-state index is -0.0166. The Hall–Kier alpha value is -1.46. The third kappa shape index (κ3) is 3.39. The van der Waals surface area contributed by atoms with E-state index >= 15 is 0 Å². The first-order valence-corrected chi connectivity index (χ1v) is 10.4. The van der Waals surface area contributed by atoms with Crippen LogP contribution in [0.2, 0.25) is 0 Å². The van der Waals surface area contributed by atoms with Crippen LogP contribution in [0.3, 0.4) is 0 Å². The standard InChI is InChI=1S/C21H28N2O2S/c1-14-15(2)26-19-5-4-16(10-18(19)22-14)13-23-8-6-21(7-9-23)11-17(12-21)20(24)25-3/h4-5,10,17,22H,6-9,11-13H2,1-3H3. The summed E-state index contributed by atoms with van der Waals surface area (Å²) in [5.41, 5.74) is 4.28. The van der Waals surface area contributed by atoms with Gasteiger partial charge in [0.15, 0.2) is 0 Å². The van der Waals surface area contributed by atoms with E-state index in [-0.39, 0.29) is 11.9 Å². The molecule has 1 saturated heterocycles. The van der Waals surface area contributed by atoms with E-state index < -0.39 is 0 Å². The number of piperidine rings is 1. The summed E-state index contributed by atoms with van der Waals surface area (Å²) in [6.07, 6.45) is 4.47. The lowest BCUT2D eigenvalue weighted by Crippen LogP contribution is -2.48. The van der Waals surface area contributed by atoms with Crippen LogP contribution in [0.5, 0.6) is 0 Å². The molecule has 1 aromatic carbocycles. The highest BCUT2D eigenvalue weighted by molar-refractivity contribution is 8.03. The second-order valence-electron chi connectivity index (χ2n) is 8.14. The molecule has 4 rings (SSSR count). The number of likely N-dealkylation sites (tertiary alicyclic amines) is 1. The molecule has 140 valence electrons. The van der Waals surface area contributed by atoms with Gasteiger partial charge in [-0.25, -0.2) is 0 Å². The van der Waals surface area contributed by atoms with E-state index in [0.29, 0.717) is 5.41 Å². The molecule has 3 aliphatic rings. The number of rotatable bonds is 3. The number of thioether (sulfide) groups is 1. The van der Waals surface area contributed by atoms with Gasteiger partial charge in [0, 0.05) is 22.0 Å². The van der Waals surface area contributed by atoms with Gasteiger partial charge >= 0.3 is 5.97 Å². The molecular weight excluding hydrogens is 344 g/mol. The molecular formula is C21H28N2O2S. The van der Waals surface area contributed by atoms with Crippen molar-refractivity contribution >= 4 is 23.4 Å². The van der Waals surface area contributed by atoms with Gasteiger partial charge in [0.2, 0.25) is 0 Å². The molecule has 26 heavy (non-hydrogen) atoms. The summed E-state index contributed by atoms with van der Waals surface area (Å²) in [6, 6.07) is 6.82. The third-order valence-electron chi connectivity index (χ3n) is 6.37. The maximum atomic E-state index is 11.6. The first-order chi connectivity index (χ1) is 12.5. The summed E-state index contributed by atoms with van der Waals surface area (Å²) in [4.78, 5) is 16.9. The molecule has 0 atom stereocenters. The Morgan fingerprint density at radius 3 is 2.73 bits per heavy atom. The van der Waals surface area contributed by atoms with Gasteiger partial charge in [-0.1, -0.05) is 17.8 Å². The Kier molecular flexibility index (Phi) is 4.78. The lowest BCUT2D eigenvalue weighted by atomic mass is 9.57. The maximum Gasteiger partial charge on any atom is 0.308 e. The molecule has 0 bridgehead atoms. The van der Waals surface area contributed by atoms with Crippen LogP contribution in [0.1, 0.15) is 45.1 Å². The predicted octanol–water partition coefficient (Wildman–Crippen LogP) is 4.62. The molecule has 2 aliphatic heterocycles. The molecule has 0 aromatic heterocycles. The van der Waals surface area contributed by atoms with E-state index in [2.05, 4.69) is 42.3 Å². The molecule has 0 unspecified atom stereocenters. The number of carbonyl (C=O) groups is 1. The number of ether oxygens (including phenoxy) is 1. The highest BCUT2D eigenvalue weighted by Crippen LogP contribution is 2.53. The number of esters is 1. The zero-order valence-electron chi connectivity index (χ0n) is 15.9. The molecule has 5 heteroatoms. The topological polar surface area (TPSA) is 41.6 Å². The number of nitrogens with zero attached hydrogens (tertiary/aromatic N) is 1. The summed E-state index contributed by atoms with van der Waals surface area (Å²) in [5.74, 6) is 0.132. The normalized spacial score (nSPS) is 22.6. The minimum absolute atomic E-state index is 0.0166. The van der Waals surface area contributed by atoms with Gasteiger partial charge in [-0.05, 0) is 75.7 Å². The van der Waals surface area contributed by atoms with E-state index in [1.807, 2.05) is 11.8 Å². The van der Waals surface area contributed by atoms with E-state index in [4.69, 9.17) is 4.74 Å². The van der Waals surface area contributed by atoms with Crippen LogP contribution in [0, 0.1) is 11.3 Å². The van der Waals surface area contributed by atoms with Crippen molar-refractivity contribution in [1.82, 2.24) is 4.90 Å². The van der Waals surface area contributed by atoms with Crippen molar-refractivity contribution in [2.75, 3.05) is 25.5 Å². The molecule has 1 N–H and O–H groups in total. The number of fused-ring (bicyclic) bond motifs is 1. The lowest BCUT2D eigenvalue weighted by molar-refractivity contribution is -0.156. The SMILES string of the molecule is COC(=O)C1CC2(CCN(Cc3ccc4c(c3)NC(C)=C(C)S4)CC2)C1. The first-order valence-electron chi connectivity index (χ1n) is 9.53. The van der Waals surface area contributed by atoms with Gasteiger partial charge in [0.05, 0.1) is 18.7 Å². The Morgan fingerprint density at radius 2 is 2.04 bits per heavy atom. The molecule has 1 aliphatic carbocycles. The van der Waals surface area contributed by atoms with Crippen LogP contribution in [0.25, 0.3) is 0 Å². The molecule has 1 saturated carbocycles. The van der Waals surface area contributed by atoms with Gasteiger partial charge in [-0.2, -0.15) is 0 Å². The average Bonchev–Trinajstić information content (AvgIpc) is 2.61. The zero-order chi connectivity index (χ0) is 18.3. The summed E-state index contributed by atoms with van der Waals surface area (Å²) in [5, 5.41) is 3.54. The van der Waals surface area contributed by atoms with Gasteiger partial charge < -0.3 is 10.1 Å². The highest BCUT2D eigenvalue weighted by atomic mass is 32.2. The van der Waals surface area contributed by atoms with Crippen LogP contribution in [0.4, 0.5) is 5.69 Å². The molecule has 0 radical (unpaired) electrons. The Labute approximate surface area is 160 Å². The quantitative estimate of drug-likeness (QED) is 0.784. The fourth-order valence-corrected chi connectivity index (χ4v) is 5.45. The lowest BCUT2D eigenvalue weighted by Gasteiger charge is -2.51. The monoisotopic (exact) mass is 372 g/mol. The van der Waals surface area contributed by atoms with Crippen molar-refractivity contribution < 1.29 is 9.53 Å². The van der Waals surface area contributed by atoms with E-state index in [0.717, 1.165) is 32.5 Å². The molecule has 1 spiro atoms. The van der Waals surface area contributed by atoms with Crippen molar-refractivity contribution in [3.8, 4) is 0 Å². The van der Waals surface area contributed by atoms with Gasteiger partial charge in [0.25, 0.3) is 0 Å². The number of benzene rings is 1. The highest BCUT2D eigenvalue weighted by Gasteiger charge is 2.48. The van der Waals surface area contributed by atoms with Gasteiger partial charge in [-0.3, -0.25) is 9.69 Å². The Morgan fingerprint density at radius 1 is 1.31 bits per heavy atom. The smallest absolute Gasteiger partial charge is 0.308 e. The van der Waals surface area contributed by atoms with Crippen molar-refractivity contribution in [3.05, 3.63) is 34.4 Å². The van der Waals surface area contributed by atoms with Crippen molar-refractivity contribution in [1.29, 1.82) is 0 Å². The van der Waals surface area contributed by atoms with E-state index in [9.17, 15) is 4.79 Å². The van der Waals surface area contributed by atoms with Crippen molar-refractivity contribution in [2.45, 2.75) is 51.0 Å². The van der Waals surface area contributed by atoms with Crippen LogP contribution in [0.15, 0.2) is 33.7 Å². The largest absolute Gasteiger partial charge is 0.469 e. The average molecular weight is 373 g/mol. The van der Waals surface area contributed by atoms with Crippen molar-refractivity contribution in [3.63, 3.8) is 0 Å². The molecule has 2 heterocycles. The second-order valence-corrected chi connectivity index (χ2v) is 9.40. The predicted molar refractivity (Wildman–Crippen MR) is 106 cm³/mol. The number of hydrogen-bond donors (Lipinski definition) is 1. The van der Waals surface area contributed by atoms with Crippen LogP contribution < -0.4 is 5.32 Å². The van der Waals surface area contributed by atoms with E-state index in [1.165, 1.54) is 46.7 Å². The number of nitrogens with one attached hydrogen (secondary N) is 1. The summed E-state index contributed by atoms with van der Waals surface area (Å²) in [6.45, 7) is 7.58. The van der Waals surface area contributed by atoms with Crippen LogP contribution >= 0.6 is 11.8 Å². The maximum absolute atomic E-state index is 11.6. The zero-order valence-corrected chi connectivity index (χ0v) is 16.7.